The summed E-state index contributed by atoms with van der Waals surface area (Å²) in [5.74, 6) is 0.775. The fourth-order valence-corrected chi connectivity index (χ4v) is 2.17. The molecule has 0 aliphatic carbocycles. The Kier molecular flexibility index (Phi) is 5.69. The lowest BCUT2D eigenvalue weighted by molar-refractivity contribution is -0.143. The van der Waals surface area contributed by atoms with E-state index in [2.05, 4.69) is 11.8 Å². The van der Waals surface area contributed by atoms with Gasteiger partial charge in [0.15, 0.2) is 0 Å². The van der Waals surface area contributed by atoms with E-state index in [9.17, 15) is 4.79 Å². The van der Waals surface area contributed by atoms with Gasteiger partial charge in [-0.15, -0.1) is 0 Å². The highest BCUT2D eigenvalue weighted by Gasteiger charge is 2.18. The van der Waals surface area contributed by atoms with Crippen molar-refractivity contribution < 1.29 is 9.53 Å². The van der Waals surface area contributed by atoms with Crippen molar-refractivity contribution in [2.75, 3.05) is 26.2 Å². The quantitative estimate of drug-likeness (QED) is 0.655. The van der Waals surface area contributed by atoms with E-state index >= 15 is 0 Å². The Morgan fingerprint density at radius 2 is 2.27 bits per heavy atom. The number of esters is 1. The van der Waals surface area contributed by atoms with Crippen LogP contribution >= 0.6 is 0 Å². The van der Waals surface area contributed by atoms with Crippen molar-refractivity contribution in [2.45, 2.75) is 39.5 Å². The molecule has 0 aromatic carbocycles. The van der Waals surface area contributed by atoms with Crippen LogP contribution in [-0.4, -0.2) is 37.1 Å². The zero-order valence-electron chi connectivity index (χ0n) is 10.00. The lowest BCUT2D eigenvalue weighted by Gasteiger charge is -2.31. The van der Waals surface area contributed by atoms with Crippen molar-refractivity contribution in [3.8, 4) is 0 Å². The molecular weight excluding hydrogens is 190 g/mol. The Balaban J connectivity index is 2.17. The number of hydrogen-bond acceptors (Lipinski definition) is 3. The SMILES string of the molecule is CCOC(=O)CCN1CCC[C@@H](CC)C1. The van der Waals surface area contributed by atoms with Gasteiger partial charge in [-0.2, -0.15) is 0 Å². The lowest BCUT2D eigenvalue weighted by atomic mass is 9.95. The number of piperidine rings is 1. The first-order valence-electron chi connectivity index (χ1n) is 6.14. The first kappa shape index (κ1) is 12.5. The number of carbonyl (C=O) groups is 1. The predicted molar refractivity (Wildman–Crippen MR) is 60.7 cm³/mol. The monoisotopic (exact) mass is 213 g/mol. The summed E-state index contributed by atoms with van der Waals surface area (Å²) >= 11 is 0. The van der Waals surface area contributed by atoms with E-state index in [0.717, 1.165) is 25.6 Å². The van der Waals surface area contributed by atoms with Crippen molar-refractivity contribution in [3.63, 3.8) is 0 Å². The molecule has 15 heavy (non-hydrogen) atoms. The van der Waals surface area contributed by atoms with Gasteiger partial charge in [0.25, 0.3) is 0 Å². The molecule has 1 saturated heterocycles. The highest BCUT2D eigenvalue weighted by atomic mass is 16.5. The maximum absolute atomic E-state index is 11.2. The normalized spacial score (nSPS) is 22.7. The number of rotatable bonds is 5. The van der Waals surface area contributed by atoms with E-state index in [1.807, 2.05) is 6.92 Å². The maximum atomic E-state index is 11.2. The summed E-state index contributed by atoms with van der Waals surface area (Å²) < 4.78 is 4.92. The molecule has 0 amide bonds. The molecule has 1 atom stereocenters. The van der Waals surface area contributed by atoms with Gasteiger partial charge in [-0.05, 0) is 32.2 Å². The van der Waals surface area contributed by atoms with Gasteiger partial charge in [0.2, 0.25) is 0 Å². The van der Waals surface area contributed by atoms with E-state index in [0.29, 0.717) is 13.0 Å². The molecule has 0 saturated carbocycles. The third-order valence-corrected chi connectivity index (χ3v) is 3.12. The maximum Gasteiger partial charge on any atom is 0.307 e. The van der Waals surface area contributed by atoms with Crippen LogP contribution in [0.3, 0.4) is 0 Å². The van der Waals surface area contributed by atoms with Gasteiger partial charge >= 0.3 is 5.97 Å². The standard InChI is InChI=1S/C12H23NO2/c1-3-11-6-5-8-13(10-11)9-7-12(14)15-4-2/h11H,3-10H2,1-2H3/t11-/m1/s1. The van der Waals surface area contributed by atoms with Crippen LogP contribution in [0.2, 0.25) is 0 Å². The van der Waals surface area contributed by atoms with E-state index in [1.165, 1.54) is 19.3 Å². The van der Waals surface area contributed by atoms with Gasteiger partial charge in [0.1, 0.15) is 0 Å². The van der Waals surface area contributed by atoms with E-state index in [4.69, 9.17) is 4.74 Å². The van der Waals surface area contributed by atoms with E-state index in [1.54, 1.807) is 0 Å². The summed E-state index contributed by atoms with van der Waals surface area (Å²) in [5.41, 5.74) is 0. The molecule has 88 valence electrons. The molecule has 0 spiro atoms. The first-order valence-corrected chi connectivity index (χ1v) is 6.14. The zero-order valence-corrected chi connectivity index (χ0v) is 10.00. The molecule has 0 aromatic heterocycles. The summed E-state index contributed by atoms with van der Waals surface area (Å²) in [6.07, 6.45) is 4.44. The third-order valence-electron chi connectivity index (χ3n) is 3.12. The average molecular weight is 213 g/mol. The number of likely N-dealkylation sites (tertiary alicyclic amines) is 1. The molecule has 0 N–H and O–H groups in total. The molecular formula is C12H23NO2. The molecule has 0 bridgehead atoms. The van der Waals surface area contributed by atoms with Gasteiger partial charge in [-0.1, -0.05) is 13.3 Å². The summed E-state index contributed by atoms with van der Waals surface area (Å²) in [6.45, 7) is 7.78. The van der Waals surface area contributed by atoms with Gasteiger partial charge in [-0.25, -0.2) is 0 Å². The minimum absolute atomic E-state index is 0.0591. The fourth-order valence-electron chi connectivity index (χ4n) is 2.17. The summed E-state index contributed by atoms with van der Waals surface area (Å²) in [5, 5.41) is 0. The van der Waals surface area contributed by atoms with Crippen LogP contribution in [-0.2, 0) is 9.53 Å². The number of ether oxygens (including phenoxy) is 1. The van der Waals surface area contributed by atoms with Crippen molar-refractivity contribution in [1.29, 1.82) is 0 Å². The molecule has 1 aliphatic rings. The van der Waals surface area contributed by atoms with Crippen molar-refractivity contribution >= 4 is 5.97 Å². The first-order chi connectivity index (χ1) is 7.26. The average Bonchev–Trinajstić information content (AvgIpc) is 2.27. The Hall–Kier alpha value is -0.570. The van der Waals surface area contributed by atoms with Crippen LogP contribution in [0.25, 0.3) is 0 Å². The molecule has 1 heterocycles. The van der Waals surface area contributed by atoms with Crippen molar-refractivity contribution in [1.82, 2.24) is 4.90 Å². The van der Waals surface area contributed by atoms with Gasteiger partial charge in [0.05, 0.1) is 13.0 Å². The second kappa shape index (κ2) is 6.83. The van der Waals surface area contributed by atoms with Crippen molar-refractivity contribution in [2.24, 2.45) is 5.92 Å². The van der Waals surface area contributed by atoms with Crippen molar-refractivity contribution in [3.05, 3.63) is 0 Å². The van der Waals surface area contributed by atoms with Crippen LogP contribution in [0.5, 0.6) is 0 Å². The molecule has 0 radical (unpaired) electrons. The minimum atomic E-state index is -0.0591. The van der Waals surface area contributed by atoms with Crippen LogP contribution in [0.1, 0.15) is 39.5 Å². The molecule has 0 aromatic rings. The largest absolute Gasteiger partial charge is 0.466 e. The Morgan fingerprint density at radius 3 is 2.93 bits per heavy atom. The molecule has 1 rings (SSSR count). The molecule has 1 fully saturated rings. The highest BCUT2D eigenvalue weighted by Crippen LogP contribution is 2.18. The van der Waals surface area contributed by atoms with Crippen LogP contribution in [0, 0.1) is 5.92 Å². The molecule has 3 nitrogen and oxygen atoms in total. The van der Waals surface area contributed by atoms with Crippen LogP contribution < -0.4 is 0 Å². The summed E-state index contributed by atoms with van der Waals surface area (Å²) in [4.78, 5) is 13.6. The molecule has 1 aliphatic heterocycles. The fraction of sp³-hybridized carbons (Fsp3) is 0.917. The number of carbonyl (C=O) groups excluding carboxylic acids is 1. The smallest absolute Gasteiger partial charge is 0.307 e. The number of nitrogens with zero attached hydrogens (tertiary/aromatic N) is 1. The zero-order chi connectivity index (χ0) is 11.1. The topological polar surface area (TPSA) is 29.5 Å². The minimum Gasteiger partial charge on any atom is -0.466 e. The van der Waals surface area contributed by atoms with Gasteiger partial charge in [-0.3, -0.25) is 4.79 Å². The second-order valence-electron chi connectivity index (χ2n) is 4.27. The highest BCUT2D eigenvalue weighted by molar-refractivity contribution is 5.69. The Labute approximate surface area is 92.8 Å². The number of hydrogen-bond donors (Lipinski definition) is 0. The molecule has 3 heteroatoms. The van der Waals surface area contributed by atoms with Gasteiger partial charge in [0, 0.05) is 13.1 Å². The summed E-state index contributed by atoms with van der Waals surface area (Å²) in [6, 6.07) is 0. The van der Waals surface area contributed by atoms with Gasteiger partial charge < -0.3 is 9.64 Å². The van der Waals surface area contributed by atoms with E-state index < -0.39 is 0 Å². The van der Waals surface area contributed by atoms with E-state index in [-0.39, 0.29) is 5.97 Å². The molecule has 0 unspecified atom stereocenters. The Morgan fingerprint density at radius 1 is 1.47 bits per heavy atom. The lowest BCUT2D eigenvalue weighted by Crippen LogP contribution is -2.36. The predicted octanol–water partition coefficient (Wildman–Crippen LogP) is 2.06. The summed E-state index contributed by atoms with van der Waals surface area (Å²) in [7, 11) is 0. The Bertz CT molecular complexity index is 194. The van der Waals surface area contributed by atoms with Crippen LogP contribution in [0.15, 0.2) is 0 Å². The third kappa shape index (κ3) is 4.65. The van der Waals surface area contributed by atoms with Crippen LogP contribution in [0.4, 0.5) is 0 Å². The second-order valence-corrected chi connectivity index (χ2v) is 4.27.